The minimum atomic E-state index is 1.12. The van der Waals surface area contributed by atoms with Gasteiger partial charge in [0.1, 0.15) is 0 Å². The van der Waals surface area contributed by atoms with Gasteiger partial charge >= 0.3 is 0 Å². The summed E-state index contributed by atoms with van der Waals surface area (Å²) in [6.45, 7) is 7.52. The SMILES string of the molecule is C=N/C=C(C)\C=C1\C(C)=CN1C. The van der Waals surface area contributed by atoms with Gasteiger partial charge < -0.3 is 4.90 Å². The molecule has 1 rings (SSSR count). The molecule has 0 unspecified atom stereocenters. The van der Waals surface area contributed by atoms with E-state index in [1.807, 2.05) is 14.0 Å². The van der Waals surface area contributed by atoms with E-state index in [4.69, 9.17) is 0 Å². The molecule has 0 saturated heterocycles. The van der Waals surface area contributed by atoms with E-state index >= 15 is 0 Å². The number of allylic oxidation sites excluding steroid dienone is 3. The number of nitrogens with zero attached hydrogens (tertiary/aromatic N) is 2. The van der Waals surface area contributed by atoms with Crippen LogP contribution in [-0.2, 0) is 0 Å². The predicted molar refractivity (Wildman–Crippen MR) is 52.9 cm³/mol. The molecule has 12 heavy (non-hydrogen) atoms. The van der Waals surface area contributed by atoms with E-state index in [9.17, 15) is 0 Å². The standard InChI is InChI=1S/C10H14N2/c1-8(6-11-3)5-10-9(2)7-12(10)4/h5-7H,3H2,1-2,4H3/b8-6-,10-5-. The van der Waals surface area contributed by atoms with E-state index in [-0.39, 0.29) is 0 Å². The van der Waals surface area contributed by atoms with Crippen LogP contribution >= 0.6 is 0 Å². The first-order valence-electron chi connectivity index (χ1n) is 3.91. The van der Waals surface area contributed by atoms with E-state index in [0.29, 0.717) is 0 Å². The topological polar surface area (TPSA) is 15.6 Å². The van der Waals surface area contributed by atoms with Crippen LogP contribution in [0.15, 0.2) is 40.3 Å². The van der Waals surface area contributed by atoms with Gasteiger partial charge in [-0.3, -0.25) is 4.99 Å². The average Bonchev–Trinajstić information content (AvgIpc) is 2.02. The van der Waals surface area contributed by atoms with Gasteiger partial charge in [-0.2, -0.15) is 0 Å². The second kappa shape index (κ2) is 3.39. The molecule has 0 radical (unpaired) electrons. The van der Waals surface area contributed by atoms with Crippen molar-refractivity contribution in [3.05, 3.63) is 35.3 Å². The summed E-state index contributed by atoms with van der Waals surface area (Å²) in [5.41, 5.74) is 3.70. The fourth-order valence-electron chi connectivity index (χ4n) is 1.25. The lowest BCUT2D eigenvalue weighted by molar-refractivity contribution is 0.521. The molecule has 0 N–H and O–H groups in total. The highest BCUT2D eigenvalue weighted by Crippen LogP contribution is 2.25. The van der Waals surface area contributed by atoms with Gasteiger partial charge in [-0.25, -0.2) is 0 Å². The van der Waals surface area contributed by atoms with Gasteiger partial charge in [-0.05, 0) is 37.8 Å². The molecule has 1 aliphatic heterocycles. The molecule has 0 aromatic carbocycles. The molecule has 0 aromatic rings. The van der Waals surface area contributed by atoms with Gasteiger partial charge in [0.15, 0.2) is 0 Å². The predicted octanol–water partition coefficient (Wildman–Crippen LogP) is 2.32. The molecule has 0 fully saturated rings. The largest absolute Gasteiger partial charge is 0.350 e. The summed E-state index contributed by atoms with van der Waals surface area (Å²) in [5.74, 6) is 0. The lowest BCUT2D eigenvalue weighted by atomic mass is 10.1. The molecule has 0 aromatic heterocycles. The molecular formula is C10H14N2. The van der Waals surface area contributed by atoms with Crippen molar-refractivity contribution in [3.8, 4) is 0 Å². The highest BCUT2D eigenvalue weighted by atomic mass is 15.1. The summed E-state index contributed by atoms with van der Waals surface area (Å²) in [7, 11) is 2.04. The van der Waals surface area contributed by atoms with Crippen molar-refractivity contribution in [1.29, 1.82) is 0 Å². The summed E-state index contributed by atoms with van der Waals surface area (Å²) in [4.78, 5) is 5.80. The smallest absolute Gasteiger partial charge is 0.0451 e. The van der Waals surface area contributed by atoms with Gasteiger partial charge in [0.25, 0.3) is 0 Å². The molecule has 0 amide bonds. The Morgan fingerprint density at radius 1 is 1.67 bits per heavy atom. The molecule has 2 nitrogen and oxygen atoms in total. The van der Waals surface area contributed by atoms with Crippen LogP contribution in [0.25, 0.3) is 0 Å². The van der Waals surface area contributed by atoms with Crippen molar-refractivity contribution in [2.24, 2.45) is 4.99 Å². The Labute approximate surface area is 73.6 Å². The van der Waals surface area contributed by atoms with Crippen LogP contribution in [0.3, 0.4) is 0 Å². The Hall–Kier alpha value is -1.31. The lowest BCUT2D eigenvalue weighted by Gasteiger charge is -2.29. The van der Waals surface area contributed by atoms with Crippen LogP contribution in [0.1, 0.15) is 13.8 Å². The zero-order chi connectivity index (χ0) is 9.14. The molecule has 0 bridgehead atoms. The Morgan fingerprint density at radius 3 is 2.75 bits per heavy atom. The fraction of sp³-hybridized carbons (Fsp3) is 0.300. The minimum Gasteiger partial charge on any atom is -0.350 e. The summed E-state index contributed by atoms with van der Waals surface area (Å²) in [6.07, 6.45) is 5.96. The Kier molecular flexibility index (Phi) is 2.48. The third-order valence-electron chi connectivity index (χ3n) is 1.83. The van der Waals surface area contributed by atoms with Gasteiger partial charge in [0.05, 0.1) is 0 Å². The molecule has 2 heteroatoms. The maximum Gasteiger partial charge on any atom is 0.0451 e. The molecule has 1 heterocycles. The van der Waals surface area contributed by atoms with Crippen molar-refractivity contribution in [2.45, 2.75) is 13.8 Å². The van der Waals surface area contributed by atoms with Crippen molar-refractivity contribution in [2.75, 3.05) is 7.05 Å². The number of aliphatic imine (C=N–C) groups is 1. The number of likely N-dealkylation sites (N-methyl/N-ethyl adjacent to an activating group) is 1. The van der Waals surface area contributed by atoms with Gasteiger partial charge in [0.2, 0.25) is 0 Å². The van der Waals surface area contributed by atoms with Crippen LogP contribution < -0.4 is 0 Å². The molecule has 0 aliphatic carbocycles. The van der Waals surface area contributed by atoms with Crippen molar-refractivity contribution < 1.29 is 0 Å². The van der Waals surface area contributed by atoms with E-state index in [2.05, 4.69) is 35.8 Å². The zero-order valence-electron chi connectivity index (χ0n) is 7.83. The van der Waals surface area contributed by atoms with Crippen molar-refractivity contribution >= 4 is 6.72 Å². The average molecular weight is 162 g/mol. The van der Waals surface area contributed by atoms with Gasteiger partial charge in [-0.1, -0.05) is 0 Å². The third-order valence-corrected chi connectivity index (χ3v) is 1.83. The van der Waals surface area contributed by atoms with E-state index < -0.39 is 0 Å². The Morgan fingerprint density at radius 2 is 2.33 bits per heavy atom. The molecule has 1 aliphatic rings. The summed E-state index contributed by atoms with van der Waals surface area (Å²) in [5, 5.41) is 0. The quantitative estimate of drug-likeness (QED) is 0.569. The van der Waals surface area contributed by atoms with Crippen LogP contribution in [-0.4, -0.2) is 18.7 Å². The minimum absolute atomic E-state index is 1.12. The molecule has 0 atom stereocenters. The normalized spacial score (nSPS) is 20.6. The van der Waals surface area contributed by atoms with Crippen LogP contribution in [0.4, 0.5) is 0 Å². The first-order valence-corrected chi connectivity index (χ1v) is 3.91. The van der Waals surface area contributed by atoms with E-state index in [0.717, 1.165) is 5.57 Å². The number of rotatable bonds is 2. The number of hydrogen-bond donors (Lipinski definition) is 0. The second-order valence-corrected chi connectivity index (χ2v) is 3.01. The summed E-state index contributed by atoms with van der Waals surface area (Å²) in [6, 6.07) is 0. The van der Waals surface area contributed by atoms with Gasteiger partial charge in [-0.15, -0.1) is 0 Å². The first-order chi connectivity index (χ1) is 5.65. The molecule has 64 valence electrons. The molecular weight excluding hydrogens is 148 g/mol. The lowest BCUT2D eigenvalue weighted by Crippen LogP contribution is -2.21. The van der Waals surface area contributed by atoms with Crippen molar-refractivity contribution in [3.63, 3.8) is 0 Å². The fourth-order valence-corrected chi connectivity index (χ4v) is 1.25. The molecule has 0 saturated carbocycles. The summed E-state index contributed by atoms with van der Waals surface area (Å²) >= 11 is 0. The zero-order valence-corrected chi connectivity index (χ0v) is 7.83. The highest BCUT2D eigenvalue weighted by Gasteiger charge is 2.13. The Bertz CT molecular complexity index is 282. The second-order valence-electron chi connectivity index (χ2n) is 3.01. The maximum absolute atomic E-state index is 3.70. The third kappa shape index (κ3) is 1.64. The molecule has 0 spiro atoms. The number of hydrogen-bond acceptors (Lipinski definition) is 2. The first kappa shape index (κ1) is 8.78. The van der Waals surface area contributed by atoms with Gasteiger partial charge in [0, 0.05) is 25.1 Å². The Balaban J connectivity index is 2.78. The van der Waals surface area contributed by atoms with E-state index in [1.54, 1.807) is 6.20 Å². The van der Waals surface area contributed by atoms with Crippen LogP contribution in [0, 0.1) is 0 Å². The van der Waals surface area contributed by atoms with Crippen molar-refractivity contribution in [1.82, 2.24) is 4.90 Å². The summed E-state index contributed by atoms with van der Waals surface area (Å²) < 4.78 is 0. The maximum atomic E-state index is 3.70. The van der Waals surface area contributed by atoms with E-state index in [1.165, 1.54) is 11.3 Å². The van der Waals surface area contributed by atoms with Crippen LogP contribution in [0.2, 0.25) is 0 Å². The highest BCUT2D eigenvalue weighted by molar-refractivity contribution is 5.42. The monoisotopic (exact) mass is 162 g/mol. The van der Waals surface area contributed by atoms with Crippen LogP contribution in [0.5, 0.6) is 0 Å².